The third-order valence-electron chi connectivity index (χ3n) is 5.40. The number of para-hydroxylation sites is 1. The monoisotopic (exact) mass is 361 g/mol. The number of aryl methyl sites for hydroxylation is 1. The van der Waals surface area contributed by atoms with Crippen LogP contribution in [0.1, 0.15) is 45.4 Å². The zero-order valence-corrected chi connectivity index (χ0v) is 15.4. The van der Waals surface area contributed by atoms with E-state index >= 15 is 0 Å². The number of rotatable bonds is 8. The number of hydrogen-bond donors (Lipinski definition) is 0. The Morgan fingerprint density at radius 2 is 2.00 bits per heavy atom. The Morgan fingerprint density at radius 3 is 2.69 bits per heavy atom. The maximum Gasteiger partial charge on any atom is 0.420 e. The van der Waals surface area contributed by atoms with E-state index in [2.05, 4.69) is 11.8 Å². The molecule has 0 N–H and O–H groups in total. The summed E-state index contributed by atoms with van der Waals surface area (Å²) in [6.07, 6.45) is 7.30. The fourth-order valence-electron chi connectivity index (χ4n) is 3.87. The Bertz CT molecular complexity index is 803. The molecule has 26 heavy (non-hydrogen) atoms. The molecule has 2 aromatic rings. The molecule has 1 aliphatic heterocycles. The third kappa shape index (κ3) is 4.15. The van der Waals surface area contributed by atoms with Crippen LogP contribution in [0.15, 0.2) is 27.4 Å². The lowest BCUT2D eigenvalue weighted by Gasteiger charge is -2.31. The van der Waals surface area contributed by atoms with Crippen LogP contribution in [0.25, 0.3) is 11.1 Å². The van der Waals surface area contributed by atoms with E-state index in [1.165, 1.54) is 42.7 Å². The minimum atomic E-state index is -0.521. The molecule has 0 spiro atoms. The van der Waals surface area contributed by atoms with Crippen molar-refractivity contribution in [1.29, 1.82) is 0 Å². The van der Waals surface area contributed by atoms with Crippen molar-refractivity contribution in [2.24, 2.45) is 5.92 Å². The number of nitro benzene ring substituents is 1. The van der Waals surface area contributed by atoms with Crippen LogP contribution < -0.4 is 5.76 Å². The minimum absolute atomic E-state index is 0.0687. The van der Waals surface area contributed by atoms with E-state index in [1.807, 2.05) is 0 Å². The predicted molar refractivity (Wildman–Crippen MR) is 100 cm³/mol. The predicted octanol–water partition coefficient (Wildman–Crippen LogP) is 3.80. The molecule has 142 valence electrons. The van der Waals surface area contributed by atoms with E-state index in [4.69, 9.17) is 4.42 Å². The van der Waals surface area contributed by atoms with E-state index in [-0.39, 0.29) is 11.3 Å². The summed E-state index contributed by atoms with van der Waals surface area (Å²) in [5, 5.41) is 11.1. The first kappa shape index (κ1) is 18.6. The number of nitrogens with zero attached hydrogens (tertiary/aromatic N) is 3. The Balaban J connectivity index is 1.56. The number of oxazole rings is 1. The van der Waals surface area contributed by atoms with E-state index in [1.54, 1.807) is 12.1 Å². The third-order valence-corrected chi connectivity index (χ3v) is 5.40. The van der Waals surface area contributed by atoms with Gasteiger partial charge in [0, 0.05) is 12.6 Å². The SMILES string of the molecule is CCCCC1CCN(CCCn2c(=O)oc3c([N+](=O)[O-])cccc32)CC1. The van der Waals surface area contributed by atoms with Gasteiger partial charge in [-0.3, -0.25) is 14.7 Å². The number of nitro groups is 1. The van der Waals surface area contributed by atoms with Gasteiger partial charge in [-0.15, -0.1) is 0 Å². The number of hydrogen-bond acceptors (Lipinski definition) is 5. The number of piperidine rings is 1. The molecule has 0 aliphatic carbocycles. The summed E-state index contributed by atoms with van der Waals surface area (Å²) in [5.74, 6) is 0.347. The van der Waals surface area contributed by atoms with E-state index in [0.717, 1.165) is 32.0 Å². The molecule has 1 aromatic heterocycles. The van der Waals surface area contributed by atoms with Crippen LogP contribution in [0, 0.1) is 16.0 Å². The van der Waals surface area contributed by atoms with Crippen molar-refractivity contribution in [3.8, 4) is 0 Å². The number of aromatic nitrogens is 1. The molecule has 3 rings (SSSR count). The Hall–Kier alpha value is -2.15. The summed E-state index contributed by atoms with van der Waals surface area (Å²) in [6, 6.07) is 4.65. The maximum atomic E-state index is 12.1. The Morgan fingerprint density at radius 1 is 1.23 bits per heavy atom. The van der Waals surface area contributed by atoms with Crippen molar-refractivity contribution in [2.45, 2.75) is 52.0 Å². The molecule has 0 saturated carbocycles. The van der Waals surface area contributed by atoms with Gasteiger partial charge in [0.25, 0.3) is 0 Å². The Kier molecular flexibility index (Phi) is 6.08. The van der Waals surface area contributed by atoms with Gasteiger partial charge in [0.2, 0.25) is 5.58 Å². The molecule has 2 heterocycles. The van der Waals surface area contributed by atoms with E-state index in [0.29, 0.717) is 12.1 Å². The number of fused-ring (bicyclic) bond motifs is 1. The van der Waals surface area contributed by atoms with Crippen LogP contribution in [0.3, 0.4) is 0 Å². The number of non-ortho nitro benzene ring substituents is 1. The smallest absolute Gasteiger partial charge is 0.400 e. The summed E-state index contributed by atoms with van der Waals surface area (Å²) < 4.78 is 6.65. The summed E-state index contributed by atoms with van der Waals surface area (Å²) in [6.45, 7) is 5.95. The fraction of sp³-hybridized carbons (Fsp3) is 0.632. The molecule has 7 nitrogen and oxygen atoms in total. The standard InChI is InChI=1S/C19H27N3O4/c1-2-3-6-15-9-13-20(14-10-15)11-5-12-21-16-7-4-8-17(22(24)25)18(16)26-19(21)23/h4,7-8,15H,2-3,5-6,9-14H2,1H3. The molecule has 1 aromatic carbocycles. The molecule has 0 atom stereocenters. The second-order valence-electron chi connectivity index (χ2n) is 7.18. The van der Waals surface area contributed by atoms with Gasteiger partial charge in [-0.25, -0.2) is 4.79 Å². The van der Waals surface area contributed by atoms with Crippen LogP contribution in [-0.4, -0.2) is 34.0 Å². The average molecular weight is 361 g/mol. The largest absolute Gasteiger partial charge is 0.420 e. The van der Waals surface area contributed by atoms with Crippen molar-refractivity contribution in [2.75, 3.05) is 19.6 Å². The summed E-state index contributed by atoms with van der Waals surface area (Å²) in [5.41, 5.74) is 0.411. The van der Waals surface area contributed by atoms with Crippen LogP contribution in [0.4, 0.5) is 5.69 Å². The summed E-state index contributed by atoms with van der Waals surface area (Å²) in [7, 11) is 0. The van der Waals surface area contributed by atoms with Crippen LogP contribution in [-0.2, 0) is 6.54 Å². The average Bonchev–Trinajstić information content (AvgIpc) is 2.96. The van der Waals surface area contributed by atoms with Gasteiger partial charge in [0.1, 0.15) is 0 Å². The fourth-order valence-corrected chi connectivity index (χ4v) is 3.87. The van der Waals surface area contributed by atoms with Gasteiger partial charge >= 0.3 is 11.4 Å². The second kappa shape index (κ2) is 8.49. The van der Waals surface area contributed by atoms with Crippen molar-refractivity contribution in [1.82, 2.24) is 9.47 Å². The zero-order valence-electron chi connectivity index (χ0n) is 15.4. The van der Waals surface area contributed by atoms with Crippen LogP contribution in [0.2, 0.25) is 0 Å². The number of likely N-dealkylation sites (tertiary alicyclic amines) is 1. The van der Waals surface area contributed by atoms with Crippen molar-refractivity contribution >= 4 is 16.8 Å². The highest BCUT2D eigenvalue weighted by Crippen LogP contribution is 2.25. The molecule has 7 heteroatoms. The second-order valence-corrected chi connectivity index (χ2v) is 7.18. The van der Waals surface area contributed by atoms with E-state index < -0.39 is 10.7 Å². The summed E-state index contributed by atoms with van der Waals surface area (Å²) >= 11 is 0. The maximum absolute atomic E-state index is 12.1. The molecule has 1 saturated heterocycles. The van der Waals surface area contributed by atoms with Crippen molar-refractivity contribution in [3.63, 3.8) is 0 Å². The highest BCUT2D eigenvalue weighted by atomic mass is 16.6. The lowest BCUT2D eigenvalue weighted by atomic mass is 9.91. The lowest BCUT2D eigenvalue weighted by Crippen LogP contribution is -2.35. The molecule has 0 amide bonds. The van der Waals surface area contributed by atoms with Crippen molar-refractivity contribution in [3.05, 3.63) is 38.9 Å². The quantitative estimate of drug-likeness (QED) is 0.528. The number of unbranched alkanes of at least 4 members (excludes halogenated alkanes) is 1. The van der Waals surface area contributed by atoms with Crippen LogP contribution >= 0.6 is 0 Å². The van der Waals surface area contributed by atoms with Gasteiger partial charge < -0.3 is 9.32 Å². The topological polar surface area (TPSA) is 81.5 Å². The highest BCUT2D eigenvalue weighted by molar-refractivity contribution is 5.82. The first-order valence-electron chi connectivity index (χ1n) is 9.59. The van der Waals surface area contributed by atoms with E-state index in [9.17, 15) is 14.9 Å². The summed E-state index contributed by atoms with van der Waals surface area (Å²) in [4.78, 5) is 25.1. The first-order chi connectivity index (χ1) is 12.6. The molecular formula is C19H27N3O4. The highest BCUT2D eigenvalue weighted by Gasteiger charge is 2.21. The lowest BCUT2D eigenvalue weighted by molar-refractivity contribution is -0.383. The van der Waals surface area contributed by atoms with Gasteiger partial charge in [-0.2, -0.15) is 0 Å². The molecule has 1 fully saturated rings. The minimum Gasteiger partial charge on any atom is -0.400 e. The van der Waals surface area contributed by atoms with Gasteiger partial charge in [-0.1, -0.05) is 32.3 Å². The molecule has 0 radical (unpaired) electrons. The Labute approximate surface area is 152 Å². The molecule has 0 unspecified atom stereocenters. The van der Waals surface area contributed by atoms with Crippen LogP contribution in [0.5, 0.6) is 0 Å². The molecule has 0 bridgehead atoms. The normalized spacial score (nSPS) is 16.3. The molecular weight excluding hydrogens is 334 g/mol. The van der Waals surface area contributed by atoms with Crippen molar-refractivity contribution < 1.29 is 9.34 Å². The number of benzene rings is 1. The first-order valence-corrected chi connectivity index (χ1v) is 9.59. The van der Waals surface area contributed by atoms with Gasteiger partial charge in [0.05, 0.1) is 10.4 Å². The zero-order chi connectivity index (χ0) is 18.5. The van der Waals surface area contributed by atoms with Gasteiger partial charge in [-0.05, 0) is 50.9 Å². The van der Waals surface area contributed by atoms with Gasteiger partial charge in [0.15, 0.2) is 0 Å². The molecule has 1 aliphatic rings.